The van der Waals surface area contributed by atoms with Crippen LogP contribution in [0.2, 0.25) is 0 Å². The fraction of sp³-hybridized carbons (Fsp3) is 0.474. The Morgan fingerprint density at radius 1 is 1.21 bits per heavy atom. The van der Waals surface area contributed by atoms with Crippen molar-refractivity contribution < 1.29 is 4.52 Å². The molecule has 2 aromatic heterocycles. The normalized spacial score (nSPS) is 11.9. The van der Waals surface area contributed by atoms with Gasteiger partial charge in [0.05, 0.1) is 6.54 Å². The molecule has 1 N–H and O–H groups in total. The maximum Gasteiger partial charge on any atom is 0.240 e. The largest absolute Gasteiger partial charge is 0.361 e. The van der Waals surface area contributed by atoms with Crippen LogP contribution in [0.5, 0.6) is 0 Å². The fourth-order valence-corrected chi connectivity index (χ4v) is 2.80. The van der Waals surface area contributed by atoms with Crippen molar-refractivity contribution in [2.75, 3.05) is 6.54 Å². The van der Waals surface area contributed by atoms with Gasteiger partial charge < -0.3 is 9.51 Å². The van der Waals surface area contributed by atoms with Gasteiger partial charge in [-0.1, -0.05) is 32.0 Å². The van der Waals surface area contributed by atoms with Crippen LogP contribution in [0.15, 0.2) is 35.0 Å². The van der Waals surface area contributed by atoms with E-state index in [1.807, 2.05) is 6.20 Å². The van der Waals surface area contributed by atoms with Gasteiger partial charge in [0.1, 0.15) is 0 Å². The summed E-state index contributed by atoms with van der Waals surface area (Å²) in [6, 6.07) is 8.64. The van der Waals surface area contributed by atoms with E-state index in [2.05, 4.69) is 65.1 Å². The first-order valence-corrected chi connectivity index (χ1v) is 8.74. The fourth-order valence-electron chi connectivity index (χ4n) is 2.80. The Bertz CT molecular complexity index is 774. The first-order valence-electron chi connectivity index (χ1n) is 8.74. The Morgan fingerprint density at radius 3 is 2.88 bits per heavy atom. The maximum absolute atomic E-state index is 5.42. The molecule has 0 amide bonds. The van der Waals surface area contributed by atoms with Crippen molar-refractivity contribution in [1.29, 1.82) is 0 Å². The van der Waals surface area contributed by atoms with Crippen molar-refractivity contribution >= 4 is 10.9 Å². The van der Waals surface area contributed by atoms with Crippen LogP contribution in [0.3, 0.4) is 0 Å². The number of benzene rings is 1. The molecule has 3 aromatic rings. The van der Waals surface area contributed by atoms with E-state index in [0.717, 1.165) is 31.8 Å². The molecule has 0 unspecified atom stereocenters. The minimum atomic E-state index is 0.655. The molecule has 0 aliphatic rings. The molecule has 24 heavy (non-hydrogen) atoms. The van der Waals surface area contributed by atoms with E-state index in [4.69, 9.17) is 4.52 Å². The zero-order chi connectivity index (χ0) is 16.9. The van der Waals surface area contributed by atoms with Crippen molar-refractivity contribution in [2.45, 2.75) is 46.7 Å². The van der Waals surface area contributed by atoms with Gasteiger partial charge in [-0.3, -0.25) is 4.90 Å². The topological polar surface area (TPSA) is 58.0 Å². The Balaban J connectivity index is 1.61. The highest BCUT2D eigenvalue weighted by atomic mass is 16.5. The van der Waals surface area contributed by atoms with Crippen molar-refractivity contribution in [3.8, 4) is 0 Å². The summed E-state index contributed by atoms with van der Waals surface area (Å²) in [5, 5.41) is 5.35. The number of nitrogens with one attached hydrogen (secondary N) is 1. The Morgan fingerprint density at radius 2 is 2.08 bits per heavy atom. The molecular weight excluding hydrogens is 300 g/mol. The van der Waals surface area contributed by atoms with Gasteiger partial charge in [-0.15, -0.1) is 0 Å². The standard InChI is InChI=1S/C19H26N4O/c1-4-23(12-15-6-7-17-16(11-15)9-10-20-17)13-19-21-18(22-24-19)8-5-14(2)3/h6-7,9-11,14,20H,4-5,8,12-13H2,1-3H3. The lowest BCUT2D eigenvalue weighted by Crippen LogP contribution is -2.22. The molecule has 0 fully saturated rings. The number of aryl methyl sites for hydroxylation is 1. The van der Waals surface area contributed by atoms with Crippen LogP contribution in [0.4, 0.5) is 0 Å². The predicted molar refractivity (Wildman–Crippen MR) is 95.5 cm³/mol. The van der Waals surface area contributed by atoms with Gasteiger partial charge in [-0.05, 0) is 48.0 Å². The molecule has 2 heterocycles. The zero-order valence-electron chi connectivity index (χ0n) is 14.7. The molecule has 0 bridgehead atoms. The van der Waals surface area contributed by atoms with Crippen LogP contribution in [-0.4, -0.2) is 26.6 Å². The quantitative estimate of drug-likeness (QED) is 0.675. The van der Waals surface area contributed by atoms with Crippen molar-refractivity contribution in [3.05, 3.63) is 47.7 Å². The van der Waals surface area contributed by atoms with Crippen molar-refractivity contribution in [1.82, 2.24) is 20.0 Å². The van der Waals surface area contributed by atoms with Crippen LogP contribution in [-0.2, 0) is 19.5 Å². The Hall–Kier alpha value is -2.14. The second kappa shape index (κ2) is 7.62. The molecule has 3 rings (SSSR count). The van der Waals surface area contributed by atoms with Gasteiger partial charge >= 0.3 is 0 Å². The Kier molecular flexibility index (Phi) is 5.30. The number of hydrogen-bond acceptors (Lipinski definition) is 4. The molecule has 128 valence electrons. The lowest BCUT2D eigenvalue weighted by molar-refractivity contribution is 0.228. The SMILES string of the molecule is CCN(Cc1ccc2[nH]ccc2c1)Cc1nc(CCC(C)C)no1. The molecule has 0 spiro atoms. The monoisotopic (exact) mass is 326 g/mol. The van der Waals surface area contributed by atoms with Crippen LogP contribution >= 0.6 is 0 Å². The number of aromatic nitrogens is 3. The third kappa shape index (κ3) is 4.23. The highest BCUT2D eigenvalue weighted by Crippen LogP contribution is 2.16. The van der Waals surface area contributed by atoms with E-state index >= 15 is 0 Å². The van der Waals surface area contributed by atoms with E-state index in [1.54, 1.807) is 0 Å². The zero-order valence-corrected chi connectivity index (χ0v) is 14.7. The van der Waals surface area contributed by atoms with Gasteiger partial charge in [0.25, 0.3) is 0 Å². The molecular formula is C19H26N4O. The molecule has 0 aliphatic heterocycles. The first kappa shape index (κ1) is 16.7. The predicted octanol–water partition coefficient (Wildman–Crippen LogP) is 4.16. The van der Waals surface area contributed by atoms with Crippen molar-refractivity contribution in [3.63, 3.8) is 0 Å². The van der Waals surface area contributed by atoms with Crippen LogP contribution in [0, 0.1) is 5.92 Å². The van der Waals surface area contributed by atoms with E-state index < -0.39 is 0 Å². The molecule has 0 radical (unpaired) electrons. The summed E-state index contributed by atoms with van der Waals surface area (Å²) in [6.45, 7) is 9.08. The minimum absolute atomic E-state index is 0.655. The highest BCUT2D eigenvalue weighted by molar-refractivity contribution is 5.79. The first-order chi connectivity index (χ1) is 11.6. The van der Waals surface area contributed by atoms with Crippen LogP contribution in [0.25, 0.3) is 10.9 Å². The smallest absolute Gasteiger partial charge is 0.240 e. The number of nitrogens with zero attached hydrogens (tertiary/aromatic N) is 3. The van der Waals surface area contributed by atoms with Gasteiger partial charge in [-0.2, -0.15) is 4.98 Å². The molecule has 0 saturated carbocycles. The molecule has 5 nitrogen and oxygen atoms in total. The number of aromatic amines is 1. The summed E-state index contributed by atoms with van der Waals surface area (Å²) < 4.78 is 5.42. The number of rotatable bonds is 8. The van der Waals surface area contributed by atoms with Crippen LogP contribution in [0.1, 0.15) is 44.5 Å². The van der Waals surface area contributed by atoms with Crippen molar-refractivity contribution in [2.24, 2.45) is 5.92 Å². The average Bonchev–Trinajstić information content (AvgIpc) is 3.20. The van der Waals surface area contributed by atoms with Crippen LogP contribution < -0.4 is 0 Å². The van der Waals surface area contributed by atoms with E-state index in [1.165, 1.54) is 16.5 Å². The van der Waals surface area contributed by atoms with E-state index in [-0.39, 0.29) is 0 Å². The minimum Gasteiger partial charge on any atom is -0.361 e. The summed E-state index contributed by atoms with van der Waals surface area (Å²) in [4.78, 5) is 10.1. The van der Waals surface area contributed by atoms with Gasteiger partial charge in [0.2, 0.25) is 5.89 Å². The summed E-state index contributed by atoms with van der Waals surface area (Å²) in [7, 11) is 0. The molecule has 1 aromatic carbocycles. The third-order valence-corrected chi connectivity index (χ3v) is 4.29. The number of H-pyrrole nitrogens is 1. The second-order valence-corrected chi connectivity index (χ2v) is 6.74. The van der Waals surface area contributed by atoms with Gasteiger partial charge in [-0.25, -0.2) is 0 Å². The Labute approximate surface area is 143 Å². The summed E-state index contributed by atoms with van der Waals surface area (Å²) in [6.07, 6.45) is 3.95. The number of fused-ring (bicyclic) bond motifs is 1. The molecule has 0 atom stereocenters. The van der Waals surface area contributed by atoms with Gasteiger partial charge in [0, 0.05) is 24.7 Å². The maximum atomic E-state index is 5.42. The molecule has 0 saturated heterocycles. The lowest BCUT2D eigenvalue weighted by atomic mass is 10.1. The number of hydrogen-bond donors (Lipinski definition) is 1. The summed E-state index contributed by atoms with van der Waals surface area (Å²) in [5.74, 6) is 2.18. The van der Waals surface area contributed by atoms with E-state index in [9.17, 15) is 0 Å². The summed E-state index contributed by atoms with van der Waals surface area (Å²) in [5.41, 5.74) is 2.47. The molecule has 0 aliphatic carbocycles. The lowest BCUT2D eigenvalue weighted by Gasteiger charge is -2.18. The van der Waals surface area contributed by atoms with E-state index in [0.29, 0.717) is 18.4 Å². The third-order valence-electron chi connectivity index (χ3n) is 4.29. The molecule has 5 heteroatoms. The average molecular weight is 326 g/mol. The summed E-state index contributed by atoms with van der Waals surface area (Å²) >= 11 is 0. The van der Waals surface area contributed by atoms with Gasteiger partial charge in [0.15, 0.2) is 5.82 Å². The highest BCUT2D eigenvalue weighted by Gasteiger charge is 2.12. The second-order valence-electron chi connectivity index (χ2n) is 6.74.